The third-order valence-corrected chi connectivity index (χ3v) is 7.16. The van der Waals surface area contributed by atoms with E-state index >= 15 is 0 Å². The van der Waals surface area contributed by atoms with Crippen molar-refractivity contribution < 1.29 is 37.2 Å². The van der Waals surface area contributed by atoms with E-state index in [2.05, 4.69) is 10.6 Å². The Morgan fingerprint density at radius 2 is 1.65 bits per heavy atom. The number of halogens is 3. The summed E-state index contributed by atoms with van der Waals surface area (Å²) in [4.78, 5) is 40.2. The number of hydrogen-bond donors (Lipinski definition) is 6. The Morgan fingerprint density at radius 1 is 1.00 bits per heavy atom. The Balaban J connectivity index is 1.65. The van der Waals surface area contributed by atoms with Crippen molar-refractivity contribution in [3.8, 4) is 0 Å². The van der Waals surface area contributed by atoms with Crippen molar-refractivity contribution in [2.24, 2.45) is 17.2 Å². The van der Waals surface area contributed by atoms with Crippen LogP contribution in [0.1, 0.15) is 42.1 Å². The molecule has 0 unspecified atom stereocenters. The molecule has 0 saturated carbocycles. The molecule has 3 rings (SSSR count). The van der Waals surface area contributed by atoms with Crippen molar-refractivity contribution >= 4 is 30.3 Å². The number of rotatable bonds is 15. The first-order chi connectivity index (χ1) is 20.4. The van der Waals surface area contributed by atoms with Gasteiger partial charge >= 0.3 is 13.3 Å². The summed E-state index contributed by atoms with van der Waals surface area (Å²) in [6.45, 7) is 1.14. The van der Waals surface area contributed by atoms with E-state index in [9.17, 15) is 32.6 Å². The highest BCUT2D eigenvalue weighted by molar-refractivity contribution is 6.61. The molecule has 234 valence electrons. The van der Waals surface area contributed by atoms with E-state index in [4.69, 9.17) is 21.9 Å². The Hall–Kier alpha value is -3.50. The van der Waals surface area contributed by atoms with Crippen LogP contribution in [0.4, 0.5) is 13.2 Å². The zero-order chi connectivity index (χ0) is 31.6. The van der Waals surface area contributed by atoms with E-state index in [1.807, 2.05) is 0 Å². The molecule has 3 amide bonds. The molecular weight excluding hydrogens is 568 g/mol. The van der Waals surface area contributed by atoms with Crippen LogP contribution in [-0.4, -0.2) is 79.6 Å². The maximum absolute atomic E-state index is 13.2. The Labute approximate surface area is 248 Å². The van der Waals surface area contributed by atoms with Crippen molar-refractivity contribution in [1.82, 2.24) is 15.5 Å². The molecule has 0 aromatic heterocycles. The standard InChI is InChI=1S/C28H38BF3N6O5/c30-28(31,32)19-8-5-18(6-9-19)7-11-23(27(41)36-17-24-20-3-1-2-4-21(20)29(42)43-24)37-26(40)22(35)10-12-25(39)38(15-13-33)16-14-34/h1-6,8-9,22-24,42H,7,10-17,33-35H2,(H,36,41)(H,37,40)/t22-,23+,24+/m0/s1. The lowest BCUT2D eigenvalue weighted by atomic mass is 9.79. The monoisotopic (exact) mass is 606 g/mol. The van der Waals surface area contributed by atoms with E-state index in [1.54, 1.807) is 24.3 Å². The SMILES string of the molecule is NCCN(CCN)C(=O)CC[C@H](N)C(=O)N[C@H](CCc1ccc(C(F)(F)F)cc1)C(=O)NC[C@H]1OB(O)c2ccccc21. The molecule has 1 heterocycles. The molecule has 0 fully saturated rings. The predicted molar refractivity (Wildman–Crippen MR) is 154 cm³/mol. The molecule has 15 heteroatoms. The van der Waals surface area contributed by atoms with Gasteiger partial charge in [0.1, 0.15) is 6.04 Å². The number of nitrogens with one attached hydrogen (secondary N) is 2. The first-order valence-electron chi connectivity index (χ1n) is 14.0. The van der Waals surface area contributed by atoms with Crippen LogP contribution >= 0.6 is 0 Å². The number of aryl methyl sites for hydroxylation is 1. The quantitative estimate of drug-likeness (QED) is 0.147. The number of carbonyl (C=O) groups excluding carboxylic acids is 3. The molecule has 0 aliphatic carbocycles. The average molecular weight is 606 g/mol. The van der Waals surface area contributed by atoms with Gasteiger partial charge < -0.3 is 42.4 Å². The number of amides is 3. The van der Waals surface area contributed by atoms with Crippen LogP contribution in [0.5, 0.6) is 0 Å². The minimum Gasteiger partial charge on any atom is -0.423 e. The number of hydrogen-bond acceptors (Lipinski definition) is 8. The number of benzene rings is 2. The Bertz CT molecular complexity index is 1230. The average Bonchev–Trinajstić information content (AvgIpc) is 3.31. The maximum atomic E-state index is 13.2. The zero-order valence-corrected chi connectivity index (χ0v) is 23.7. The molecule has 1 aliphatic heterocycles. The van der Waals surface area contributed by atoms with Gasteiger partial charge in [-0.2, -0.15) is 13.2 Å². The second kappa shape index (κ2) is 15.8. The van der Waals surface area contributed by atoms with E-state index in [0.717, 1.165) is 12.1 Å². The highest BCUT2D eigenvalue weighted by Gasteiger charge is 2.35. The molecule has 0 radical (unpaired) electrons. The molecular formula is C28H38BF3N6O5. The number of fused-ring (bicyclic) bond motifs is 1. The third kappa shape index (κ3) is 9.76. The minimum absolute atomic E-state index is 0.00175. The van der Waals surface area contributed by atoms with Crippen LogP contribution in [0.15, 0.2) is 48.5 Å². The highest BCUT2D eigenvalue weighted by Crippen LogP contribution is 2.29. The van der Waals surface area contributed by atoms with Gasteiger partial charge in [-0.3, -0.25) is 14.4 Å². The smallest absolute Gasteiger partial charge is 0.423 e. The van der Waals surface area contributed by atoms with Gasteiger partial charge in [-0.15, -0.1) is 0 Å². The summed E-state index contributed by atoms with van der Waals surface area (Å²) in [6.07, 6.45) is -4.89. The first kappa shape index (κ1) is 34.0. The number of nitrogens with two attached hydrogens (primary N) is 3. The van der Waals surface area contributed by atoms with Crippen molar-refractivity contribution in [3.05, 3.63) is 65.2 Å². The van der Waals surface area contributed by atoms with Gasteiger partial charge in [0.15, 0.2) is 0 Å². The number of carbonyl (C=O) groups is 3. The normalized spacial score (nSPS) is 15.9. The van der Waals surface area contributed by atoms with Crippen molar-refractivity contribution in [2.75, 3.05) is 32.7 Å². The molecule has 11 nitrogen and oxygen atoms in total. The lowest BCUT2D eigenvalue weighted by molar-refractivity contribution is -0.137. The fraction of sp³-hybridized carbons (Fsp3) is 0.464. The largest absolute Gasteiger partial charge is 0.492 e. The van der Waals surface area contributed by atoms with Crippen LogP contribution in [0, 0.1) is 0 Å². The van der Waals surface area contributed by atoms with E-state index < -0.39 is 48.9 Å². The second-order valence-electron chi connectivity index (χ2n) is 10.2. The third-order valence-electron chi connectivity index (χ3n) is 7.16. The summed E-state index contributed by atoms with van der Waals surface area (Å²) in [5.41, 5.74) is 18.2. The molecule has 0 bridgehead atoms. The van der Waals surface area contributed by atoms with Gasteiger partial charge in [0.05, 0.1) is 17.7 Å². The first-order valence-corrected chi connectivity index (χ1v) is 14.0. The fourth-order valence-corrected chi connectivity index (χ4v) is 4.77. The molecule has 43 heavy (non-hydrogen) atoms. The van der Waals surface area contributed by atoms with Crippen LogP contribution in [0.3, 0.4) is 0 Å². The van der Waals surface area contributed by atoms with Gasteiger partial charge in [0.2, 0.25) is 17.7 Å². The number of nitrogens with zero attached hydrogens (tertiary/aromatic N) is 1. The van der Waals surface area contributed by atoms with E-state index in [1.165, 1.54) is 17.0 Å². The van der Waals surface area contributed by atoms with Crippen LogP contribution in [0.25, 0.3) is 0 Å². The summed E-state index contributed by atoms with van der Waals surface area (Å²) < 4.78 is 44.4. The van der Waals surface area contributed by atoms with E-state index in [-0.39, 0.29) is 51.2 Å². The van der Waals surface area contributed by atoms with Gasteiger partial charge in [-0.05, 0) is 48.0 Å². The lowest BCUT2D eigenvalue weighted by Gasteiger charge is -2.23. The predicted octanol–water partition coefficient (Wildman–Crippen LogP) is -0.448. The molecule has 2 aromatic rings. The maximum Gasteiger partial charge on any atom is 0.492 e. The van der Waals surface area contributed by atoms with Crippen molar-refractivity contribution in [3.63, 3.8) is 0 Å². The minimum atomic E-state index is -4.48. The summed E-state index contributed by atoms with van der Waals surface area (Å²) in [7, 11) is -1.14. The zero-order valence-electron chi connectivity index (χ0n) is 23.7. The van der Waals surface area contributed by atoms with E-state index in [0.29, 0.717) is 29.7 Å². The molecule has 0 spiro atoms. The van der Waals surface area contributed by atoms with Gasteiger partial charge in [0, 0.05) is 39.1 Å². The summed E-state index contributed by atoms with van der Waals surface area (Å²) >= 11 is 0. The molecule has 1 aliphatic rings. The lowest BCUT2D eigenvalue weighted by Crippen LogP contribution is -2.52. The summed E-state index contributed by atoms with van der Waals surface area (Å²) in [6, 6.07) is 9.35. The molecule has 3 atom stereocenters. The van der Waals surface area contributed by atoms with Crippen LogP contribution < -0.4 is 33.3 Å². The van der Waals surface area contributed by atoms with Crippen molar-refractivity contribution in [2.45, 2.75) is 50.0 Å². The molecule has 2 aromatic carbocycles. The Kier molecular flexibility index (Phi) is 12.5. The van der Waals surface area contributed by atoms with Gasteiger partial charge in [-0.1, -0.05) is 36.4 Å². The highest BCUT2D eigenvalue weighted by atomic mass is 19.4. The van der Waals surface area contributed by atoms with Crippen LogP contribution in [-0.2, 0) is 31.6 Å². The van der Waals surface area contributed by atoms with Gasteiger partial charge in [0.25, 0.3) is 0 Å². The molecule has 0 saturated heterocycles. The topological polar surface area (TPSA) is 186 Å². The fourth-order valence-electron chi connectivity index (χ4n) is 4.77. The van der Waals surface area contributed by atoms with Crippen molar-refractivity contribution in [1.29, 1.82) is 0 Å². The number of alkyl halides is 3. The van der Waals surface area contributed by atoms with Gasteiger partial charge in [-0.25, -0.2) is 0 Å². The summed E-state index contributed by atoms with van der Waals surface area (Å²) in [5, 5.41) is 15.5. The summed E-state index contributed by atoms with van der Waals surface area (Å²) in [5.74, 6) is -1.49. The second-order valence-corrected chi connectivity index (χ2v) is 10.2. The Morgan fingerprint density at radius 3 is 2.28 bits per heavy atom. The van der Waals surface area contributed by atoms with Crippen LogP contribution in [0.2, 0.25) is 0 Å². The molecule has 9 N–H and O–H groups in total.